The third kappa shape index (κ3) is 3.02. The minimum absolute atomic E-state index is 0.0243. The maximum Gasteiger partial charge on any atom is 0.251 e. The number of halogens is 2. The van der Waals surface area contributed by atoms with Crippen molar-refractivity contribution < 1.29 is 18.4 Å². The number of carbonyl (C=O) groups is 2. The summed E-state index contributed by atoms with van der Waals surface area (Å²) in [5, 5.41) is 5.67. The molecule has 0 saturated carbocycles. The zero-order valence-electron chi connectivity index (χ0n) is 16.7. The summed E-state index contributed by atoms with van der Waals surface area (Å²) in [6.45, 7) is 0. The van der Waals surface area contributed by atoms with Gasteiger partial charge in [0.2, 0.25) is 5.78 Å². The van der Waals surface area contributed by atoms with Crippen LogP contribution in [0.1, 0.15) is 26.3 Å². The first-order valence-corrected chi connectivity index (χ1v) is 9.57. The Kier molecular flexibility index (Phi) is 4.33. The zero-order chi connectivity index (χ0) is 22.6. The molecule has 158 valence electrons. The summed E-state index contributed by atoms with van der Waals surface area (Å²) in [4.78, 5) is 31.7. The summed E-state index contributed by atoms with van der Waals surface area (Å²) < 4.78 is 30.8. The Hall–Kier alpha value is -4.40. The number of aryl methyl sites for hydroxylation is 1. The SMILES string of the molecule is Cn1cc2cc(-c3cnc4[nH]cc(C(=O)c5c(F)ccc(C(N)=O)c5F)c4c3)ccc2n1. The lowest BCUT2D eigenvalue weighted by Gasteiger charge is -2.07. The maximum absolute atomic E-state index is 14.7. The van der Waals surface area contributed by atoms with Gasteiger partial charge >= 0.3 is 0 Å². The largest absolute Gasteiger partial charge is 0.366 e. The summed E-state index contributed by atoms with van der Waals surface area (Å²) in [7, 11) is 1.83. The van der Waals surface area contributed by atoms with Crippen molar-refractivity contribution in [3.63, 3.8) is 0 Å². The molecule has 5 aromatic rings. The number of H-pyrrole nitrogens is 1. The first-order valence-electron chi connectivity index (χ1n) is 9.57. The molecule has 2 aromatic carbocycles. The van der Waals surface area contributed by atoms with Crippen LogP contribution in [0, 0.1) is 11.6 Å². The molecule has 5 rings (SSSR count). The van der Waals surface area contributed by atoms with E-state index in [0.29, 0.717) is 16.6 Å². The number of carbonyl (C=O) groups excluding carboxylic acids is 2. The van der Waals surface area contributed by atoms with Crippen LogP contribution in [0.3, 0.4) is 0 Å². The van der Waals surface area contributed by atoms with Crippen molar-refractivity contribution in [2.75, 3.05) is 0 Å². The maximum atomic E-state index is 14.7. The molecule has 9 heteroatoms. The predicted molar refractivity (Wildman–Crippen MR) is 114 cm³/mol. The summed E-state index contributed by atoms with van der Waals surface area (Å²) in [6.07, 6.45) is 4.86. The molecule has 0 unspecified atom stereocenters. The van der Waals surface area contributed by atoms with Crippen molar-refractivity contribution in [2.24, 2.45) is 12.8 Å². The van der Waals surface area contributed by atoms with Gasteiger partial charge in [-0.2, -0.15) is 5.10 Å². The monoisotopic (exact) mass is 431 g/mol. The van der Waals surface area contributed by atoms with Crippen molar-refractivity contribution in [1.29, 1.82) is 0 Å². The second kappa shape index (κ2) is 7.09. The van der Waals surface area contributed by atoms with E-state index in [-0.39, 0.29) is 5.56 Å². The van der Waals surface area contributed by atoms with Gasteiger partial charge < -0.3 is 10.7 Å². The zero-order valence-corrected chi connectivity index (χ0v) is 16.7. The van der Waals surface area contributed by atoms with Gasteiger partial charge in [-0.3, -0.25) is 14.3 Å². The first-order chi connectivity index (χ1) is 15.3. The molecular formula is C23H15F2N5O2. The number of aromatic amines is 1. The van der Waals surface area contributed by atoms with Crippen LogP contribution in [-0.4, -0.2) is 31.4 Å². The van der Waals surface area contributed by atoms with Gasteiger partial charge in [0.05, 0.1) is 16.6 Å². The third-order valence-corrected chi connectivity index (χ3v) is 5.31. The smallest absolute Gasteiger partial charge is 0.251 e. The van der Waals surface area contributed by atoms with Crippen molar-refractivity contribution in [3.8, 4) is 11.1 Å². The normalized spacial score (nSPS) is 11.3. The Morgan fingerprint density at radius 1 is 1.06 bits per heavy atom. The number of hydrogen-bond donors (Lipinski definition) is 2. The standard InChI is InChI=1S/C23H15F2N5O2/c1-30-10-13-6-11(2-5-18(13)29-30)12-7-15-16(9-28-23(15)27-8-12)21(31)19-17(24)4-3-14(20(19)25)22(26)32/h2-10H,1H3,(H2,26,32)(H,27,28). The van der Waals surface area contributed by atoms with E-state index in [1.807, 2.05) is 31.4 Å². The average Bonchev–Trinajstić information content (AvgIpc) is 3.34. The third-order valence-electron chi connectivity index (χ3n) is 5.31. The summed E-state index contributed by atoms with van der Waals surface area (Å²) in [5.74, 6) is -4.39. The van der Waals surface area contributed by atoms with E-state index in [9.17, 15) is 18.4 Å². The number of pyridine rings is 1. The van der Waals surface area contributed by atoms with Gasteiger partial charge in [0.15, 0.2) is 0 Å². The highest BCUT2D eigenvalue weighted by Gasteiger charge is 2.26. The molecular weight excluding hydrogens is 416 g/mol. The molecule has 0 bridgehead atoms. The number of nitrogens with zero attached hydrogens (tertiary/aromatic N) is 3. The minimum atomic E-state index is -1.29. The van der Waals surface area contributed by atoms with Crippen LogP contribution < -0.4 is 5.73 Å². The molecule has 0 aliphatic heterocycles. The minimum Gasteiger partial charge on any atom is -0.366 e. The molecule has 3 heterocycles. The molecule has 0 saturated heterocycles. The van der Waals surface area contributed by atoms with Gasteiger partial charge in [-0.15, -0.1) is 0 Å². The lowest BCUT2D eigenvalue weighted by molar-refractivity contribution is 0.0996. The van der Waals surface area contributed by atoms with Crippen molar-refractivity contribution in [3.05, 3.63) is 83.3 Å². The molecule has 7 nitrogen and oxygen atoms in total. The topological polar surface area (TPSA) is 107 Å². The van der Waals surface area contributed by atoms with Crippen LogP contribution in [0.25, 0.3) is 33.1 Å². The lowest BCUT2D eigenvalue weighted by Crippen LogP contribution is -2.17. The highest BCUT2D eigenvalue weighted by atomic mass is 19.1. The number of primary amides is 1. The summed E-state index contributed by atoms with van der Waals surface area (Å²) >= 11 is 0. The van der Waals surface area contributed by atoms with Gasteiger partial charge in [-0.1, -0.05) is 6.07 Å². The first kappa shape index (κ1) is 19.6. The van der Waals surface area contributed by atoms with Gasteiger partial charge in [0.25, 0.3) is 5.91 Å². The fourth-order valence-corrected chi connectivity index (χ4v) is 3.76. The van der Waals surface area contributed by atoms with Gasteiger partial charge in [0.1, 0.15) is 17.3 Å². The molecule has 0 fully saturated rings. The van der Waals surface area contributed by atoms with Crippen molar-refractivity contribution in [2.45, 2.75) is 0 Å². The number of amides is 1. The number of rotatable bonds is 4. The van der Waals surface area contributed by atoms with Gasteiger partial charge in [0, 0.05) is 47.5 Å². The van der Waals surface area contributed by atoms with E-state index < -0.39 is 34.5 Å². The average molecular weight is 431 g/mol. The van der Waals surface area contributed by atoms with Gasteiger partial charge in [-0.05, 0) is 35.9 Å². The quantitative estimate of drug-likeness (QED) is 0.423. The Bertz CT molecular complexity index is 1570. The molecule has 0 aliphatic carbocycles. The summed E-state index contributed by atoms with van der Waals surface area (Å²) in [6, 6.07) is 9.16. The van der Waals surface area contributed by atoms with Crippen molar-refractivity contribution in [1.82, 2.24) is 19.7 Å². The van der Waals surface area contributed by atoms with Crippen LogP contribution in [0.4, 0.5) is 8.78 Å². The highest BCUT2D eigenvalue weighted by Crippen LogP contribution is 2.29. The van der Waals surface area contributed by atoms with E-state index in [2.05, 4.69) is 15.1 Å². The Morgan fingerprint density at radius 3 is 2.66 bits per heavy atom. The number of ketones is 1. The van der Waals surface area contributed by atoms with E-state index in [0.717, 1.165) is 28.6 Å². The molecule has 3 N–H and O–H groups in total. The molecule has 0 atom stereocenters. The van der Waals surface area contributed by atoms with Crippen LogP contribution in [-0.2, 0) is 7.05 Å². The number of benzene rings is 2. The number of hydrogen-bond acceptors (Lipinski definition) is 4. The van der Waals surface area contributed by atoms with E-state index in [4.69, 9.17) is 5.73 Å². The number of nitrogens with one attached hydrogen (secondary N) is 1. The van der Waals surface area contributed by atoms with Gasteiger partial charge in [-0.25, -0.2) is 13.8 Å². The second-order valence-electron chi connectivity index (χ2n) is 7.38. The summed E-state index contributed by atoms with van der Waals surface area (Å²) in [5.41, 5.74) is 6.53. The van der Waals surface area contributed by atoms with E-state index in [1.54, 1.807) is 16.9 Å². The number of nitrogens with two attached hydrogens (primary N) is 1. The Balaban J connectivity index is 1.64. The van der Waals surface area contributed by atoms with Crippen molar-refractivity contribution >= 4 is 33.6 Å². The fourth-order valence-electron chi connectivity index (χ4n) is 3.76. The van der Waals surface area contributed by atoms with E-state index in [1.165, 1.54) is 6.20 Å². The molecule has 0 radical (unpaired) electrons. The molecule has 0 aliphatic rings. The highest BCUT2D eigenvalue weighted by molar-refractivity contribution is 6.17. The Morgan fingerprint density at radius 2 is 1.88 bits per heavy atom. The molecule has 3 aromatic heterocycles. The van der Waals surface area contributed by atoms with Crippen LogP contribution >= 0.6 is 0 Å². The fraction of sp³-hybridized carbons (Fsp3) is 0.0435. The predicted octanol–water partition coefficient (Wildman–Crippen LogP) is 3.72. The van der Waals surface area contributed by atoms with Crippen LogP contribution in [0.15, 0.2) is 55.0 Å². The van der Waals surface area contributed by atoms with E-state index >= 15 is 0 Å². The molecule has 1 amide bonds. The molecule has 32 heavy (non-hydrogen) atoms. The molecule has 0 spiro atoms. The number of fused-ring (bicyclic) bond motifs is 2. The Labute approximate surface area is 179 Å². The van der Waals surface area contributed by atoms with Crippen LogP contribution in [0.5, 0.6) is 0 Å². The second-order valence-corrected chi connectivity index (χ2v) is 7.38. The van der Waals surface area contributed by atoms with Crippen LogP contribution in [0.2, 0.25) is 0 Å². The lowest BCUT2D eigenvalue weighted by atomic mass is 9.98. The number of aromatic nitrogens is 4.